The summed E-state index contributed by atoms with van der Waals surface area (Å²) >= 11 is 11.8. The Balaban J connectivity index is 2.26. The first-order chi connectivity index (χ1) is 10.1. The smallest absolute Gasteiger partial charge is 0.256 e. The maximum atomic E-state index is 12.0. The van der Waals surface area contributed by atoms with Gasteiger partial charge in [0.25, 0.3) is 5.91 Å². The highest BCUT2D eigenvalue weighted by molar-refractivity contribution is 6.35. The maximum Gasteiger partial charge on any atom is 0.256 e. The highest BCUT2D eigenvalue weighted by atomic mass is 35.5. The normalized spacial score (nSPS) is 10.2. The van der Waals surface area contributed by atoms with E-state index in [0.29, 0.717) is 15.8 Å². The molecule has 5 nitrogen and oxygen atoms in total. The fourth-order valence-corrected chi connectivity index (χ4v) is 2.02. The number of amides is 1. The zero-order valence-electron chi connectivity index (χ0n) is 10.8. The van der Waals surface area contributed by atoms with Crippen molar-refractivity contribution in [3.63, 3.8) is 0 Å². The number of hydrogen-bond donors (Lipinski definition) is 2. The molecule has 1 amide bonds. The minimum atomic E-state index is -0.391. The first-order valence-electron chi connectivity index (χ1n) is 6.09. The van der Waals surface area contributed by atoms with Crippen LogP contribution in [0.15, 0.2) is 36.5 Å². The van der Waals surface area contributed by atoms with E-state index >= 15 is 0 Å². The number of benzene rings is 1. The van der Waals surface area contributed by atoms with Gasteiger partial charge in [-0.1, -0.05) is 23.2 Å². The third-order valence-electron chi connectivity index (χ3n) is 2.51. The van der Waals surface area contributed by atoms with E-state index in [9.17, 15) is 4.79 Å². The average Bonchev–Trinajstić information content (AvgIpc) is 2.48. The topological polar surface area (TPSA) is 71.5 Å². The molecule has 0 saturated carbocycles. The molecule has 0 spiro atoms. The van der Waals surface area contributed by atoms with Crippen molar-refractivity contribution in [2.75, 3.05) is 13.2 Å². The molecule has 0 aliphatic rings. The Morgan fingerprint density at radius 3 is 2.86 bits per heavy atom. The van der Waals surface area contributed by atoms with Gasteiger partial charge in [0.05, 0.1) is 11.6 Å². The lowest BCUT2D eigenvalue weighted by Gasteiger charge is -2.11. The highest BCUT2D eigenvalue weighted by Gasteiger charge is 2.15. The molecule has 0 unspecified atom stereocenters. The number of aliphatic hydroxyl groups excluding tert-OH is 1. The van der Waals surface area contributed by atoms with Crippen LogP contribution in [0.5, 0.6) is 11.6 Å². The molecule has 1 aromatic heterocycles. The van der Waals surface area contributed by atoms with Gasteiger partial charge in [0.15, 0.2) is 0 Å². The summed E-state index contributed by atoms with van der Waals surface area (Å²) in [7, 11) is 0. The molecular formula is C14H12Cl2N2O3. The minimum Gasteiger partial charge on any atom is -0.437 e. The monoisotopic (exact) mass is 326 g/mol. The van der Waals surface area contributed by atoms with Crippen LogP contribution in [0.1, 0.15) is 10.4 Å². The number of aromatic nitrogens is 1. The first kappa shape index (κ1) is 15.6. The zero-order chi connectivity index (χ0) is 15.2. The molecule has 0 radical (unpaired) electrons. The van der Waals surface area contributed by atoms with E-state index in [-0.39, 0.29) is 24.6 Å². The second kappa shape index (κ2) is 7.26. The van der Waals surface area contributed by atoms with E-state index in [2.05, 4.69) is 10.3 Å². The van der Waals surface area contributed by atoms with Crippen LogP contribution >= 0.6 is 23.2 Å². The Bertz CT molecular complexity index is 650. The number of carbonyl (C=O) groups is 1. The van der Waals surface area contributed by atoms with E-state index in [1.165, 1.54) is 12.3 Å². The van der Waals surface area contributed by atoms with Gasteiger partial charge >= 0.3 is 0 Å². The number of nitrogens with one attached hydrogen (secondary N) is 1. The van der Waals surface area contributed by atoms with Gasteiger partial charge in [0.2, 0.25) is 5.88 Å². The fourth-order valence-electron chi connectivity index (χ4n) is 1.57. The molecule has 21 heavy (non-hydrogen) atoms. The molecule has 2 aromatic rings. The van der Waals surface area contributed by atoms with Gasteiger partial charge in [-0.25, -0.2) is 4.98 Å². The number of carbonyl (C=O) groups excluding carboxylic acids is 1. The van der Waals surface area contributed by atoms with Crippen molar-refractivity contribution in [3.8, 4) is 11.6 Å². The molecular weight excluding hydrogens is 315 g/mol. The van der Waals surface area contributed by atoms with Gasteiger partial charge < -0.3 is 15.2 Å². The van der Waals surface area contributed by atoms with Gasteiger partial charge in [-0.3, -0.25) is 4.79 Å². The Hall–Kier alpha value is -1.82. The fraction of sp³-hybridized carbons (Fsp3) is 0.143. The molecule has 0 atom stereocenters. The Kier molecular flexibility index (Phi) is 5.38. The summed E-state index contributed by atoms with van der Waals surface area (Å²) in [5, 5.41) is 12.1. The Morgan fingerprint density at radius 1 is 1.33 bits per heavy atom. The van der Waals surface area contributed by atoms with Crippen molar-refractivity contribution in [2.45, 2.75) is 0 Å². The second-order valence-electron chi connectivity index (χ2n) is 4.01. The summed E-state index contributed by atoms with van der Waals surface area (Å²) in [6, 6.07) is 7.93. The molecule has 0 fully saturated rings. The second-order valence-corrected chi connectivity index (χ2v) is 4.86. The van der Waals surface area contributed by atoms with Crippen LogP contribution in [0.3, 0.4) is 0 Å². The van der Waals surface area contributed by atoms with E-state index in [4.69, 9.17) is 33.0 Å². The number of halogens is 2. The van der Waals surface area contributed by atoms with Crippen molar-refractivity contribution in [1.29, 1.82) is 0 Å². The number of nitrogens with zero attached hydrogens (tertiary/aromatic N) is 1. The summed E-state index contributed by atoms with van der Waals surface area (Å²) < 4.78 is 5.57. The molecule has 110 valence electrons. The first-order valence-corrected chi connectivity index (χ1v) is 6.84. The molecule has 0 bridgehead atoms. The van der Waals surface area contributed by atoms with Crippen molar-refractivity contribution in [1.82, 2.24) is 10.3 Å². The van der Waals surface area contributed by atoms with Crippen LogP contribution in [0, 0.1) is 0 Å². The molecule has 0 aliphatic heterocycles. The van der Waals surface area contributed by atoms with E-state index < -0.39 is 5.91 Å². The van der Waals surface area contributed by atoms with E-state index in [1.807, 2.05) is 0 Å². The van der Waals surface area contributed by atoms with Crippen LogP contribution in [0.2, 0.25) is 10.0 Å². The number of ether oxygens (including phenoxy) is 1. The van der Waals surface area contributed by atoms with Crippen LogP contribution in [-0.4, -0.2) is 29.1 Å². The van der Waals surface area contributed by atoms with Gasteiger partial charge in [-0.15, -0.1) is 0 Å². The highest BCUT2D eigenvalue weighted by Crippen LogP contribution is 2.31. The summed E-state index contributed by atoms with van der Waals surface area (Å²) in [5.41, 5.74) is 0.247. The molecule has 0 saturated heterocycles. The summed E-state index contributed by atoms with van der Waals surface area (Å²) in [4.78, 5) is 16.0. The van der Waals surface area contributed by atoms with Crippen LogP contribution in [0.25, 0.3) is 0 Å². The Labute approximate surface area is 131 Å². The van der Waals surface area contributed by atoms with Crippen molar-refractivity contribution in [3.05, 3.63) is 52.1 Å². The molecule has 1 aromatic carbocycles. The predicted octanol–water partition coefficient (Wildman–Crippen LogP) is 2.90. The number of aliphatic hydroxyl groups is 1. The minimum absolute atomic E-state index is 0.122. The summed E-state index contributed by atoms with van der Waals surface area (Å²) in [5.74, 6) is 0.0744. The number of pyridine rings is 1. The van der Waals surface area contributed by atoms with Gasteiger partial charge in [0.1, 0.15) is 11.3 Å². The lowest BCUT2D eigenvalue weighted by Crippen LogP contribution is -2.26. The van der Waals surface area contributed by atoms with Crippen LogP contribution in [0.4, 0.5) is 0 Å². The van der Waals surface area contributed by atoms with E-state index in [1.54, 1.807) is 24.3 Å². The van der Waals surface area contributed by atoms with Crippen molar-refractivity contribution in [2.24, 2.45) is 0 Å². The largest absolute Gasteiger partial charge is 0.437 e. The summed E-state index contributed by atoms with van der Waals surface area (Å²) in [6.45, 7) is 0.0000732. The molecule has 2 rings (SSSR count). The van der Waals surface area contributed by atoms with Crippen molar-refractivity contribution < 1.29 is 14.6 Å². The standard InChI is InChI=1S/C14H12Cl2N2O3/c15-9-3-4-12(11(16)8-9)21-14-10(2-1-5-18-14)13(20)17-6-7-19/h1-5,8,19H,6-7H2,(H,17,20). The molecule has 1 heterocycles. The van der Waals surface area contributed by atoms with Gasteiger partial charge in [0, 0.05) is 17.8 Å². The number of rotatable bonds is 5. The lowest BCUT2D eigenvalue weighted by molar-refractivity contribution is 0.0942. The average molecular weight is 327 g/mol. The predicted molar refractivity (Wildman–Crippen MR) is 80.2 cm³/mol. The summed E-state index contributed by atoms with van der Waals surface area (Å²) in [6.07, 6.45) is 1.50. The van der Waals surface area contributed by atoms with Gasteiger partial charge in [-0.05, 0) is 30.3 Å². The zero-order valence-corrected chi connectivity index (χ0v) is 12.4. The van der Waals surface area contributed by atoms with Gasteiger partial charge in [-0.2, -0.15) is 0 Å². The third-order valence-corrected chi connectivity index (χ3v) is 3.04. The third kappa shape index (κ3) is 4.07. The molecule has 7 heteroatoms. The quantitative estimate of drug-likeness (QED) is 0.886. The van der Waals surface area contributed by atoms with Crippen LogP contribution < -0.4 is 10.1 Å². The van der Waals surface area contributed by atoms with E-state index in [0.717, 1.165) is 0 Å². The number of hydrogen-bond acceptors (Lipinski definition) is 4. The molecule has 2 N–H and O–H groups in total. The lowest BCUT2D eigenvalue weighted by atomic mass is 10.2. The van der Waals surface area contributed by atoms with Crippen LogP contribution in [-0.2, 0) is 0 Å². The molecule has 0 aliphatic carbocycles. The van der Waals surface area contributed by atoms with Crippen molar-refractivity contribution >= 4 is 29.1 Å². The Morgan fingerprint density at radius 2 is 2.14 bits per heavy atom. The maximum absolute atomic E-state index is 12.0. The SMILES string of the molecule is O=C(NCCO)c1cccnc1Oc1ccc(Cl)cc1Cl.